The predicted molar refractivity (Wildman–Crippen MR) is 151 cm³/mol. The second-order valence-electron chi connectivity index (χ2n) is 10.3. The number of carbonyl (C=O) groups excluding carboxylic acids is 2. The van der Waals surface area contributed by atoms with Gasteiger partial charge in [-0.05, 0) is 74.5 Å². The van der Waals surface area contributed by atoms with Crippen LogP contribution in [0.3, 0.4) is 0 Å². The fourth-order valence-electron chi connectivity index (χ4n) is 4.57. The molecule has 2 amide bonds. The molecule has 2 aromatic carbocycles. The summed E-state index contributed by atoms with van der Waals surface area (Å²) in [5, 5.41) is 3.97. The molecule has 2 atom stereocenters. The number of nitrogens with zero attached hydrogens (tertiary/aromatic N) is 1. The van der Waals surface area contributed by atoms with Crippen molar-refractivity contribution in [3.8, 4) is 0 Å². The first-order chi connectivity index (χ1) is 17.4. The molecule has 3 rings (SSSR count). The van der Waals surface area contributed by atoms with Crippen LogP contribution in [0.4, 0.5) is 0 Å². The van der Waals surface area contributed by atoms with Crippen LogP contribution in [0.1, 0.15) is 55.7 Å². The molecule has 37 heavy (non-hydrogen) atoms. The van der Waals surface area contributed by atoms with Crippen molar-refractivity contribution >= 4 is 36.4 Å². The molecule has 1 unspecified atom stereocenters. The summed E-state index contributed by atoms with van der Waals surface area (Å²) in [5.74, 6) is -0.376. The zero-order chi connectivity index (χ0) is 27.2. The van der Waals surface area contributed by atoms with Crippen LogP contribution in [0.2, 0.25) is 0 Å². The molecule has 0 aromatic heterocycles. The van der Waals surface area contributed by atoms with E-state index >= 15 is 0 Å². The second-order valence-corrected chi connectivity index (χ2v) is 12.9. The van der Waals surface area contributed by atoms with E-state index < -0.39 is 21.6 Å². The van der Waals surface area contributed by atoms with Gasteiger partial charge in [0.05, 0.1) is 11.3 Å². The summed E-state index contributed by atoms with van der Waals surface area (Å²) in [4.78, 5) is 28.0. The van der Waals surface area contributed by atoms with Crippen LogP contribution in [-0.2, 0) is 31.8 Å². The van der Waals surface area contributed by atoms with Gasteiger partial charge in [-0.3, -0.25) is 9.59 Å². The maximum absolute atomic E-state index is 13.6. The molecule has 0 saturated carbocycles. The van der Waals surface area contributed by atoms with E-state index in [9.17, 15) is 18.0 Å². The molecule has 8 nitrogen and oxygen atoms in total. The summed E-state index contributed by atoms with van der Waals surface area (Å²) in [6.07, 6.45) is 2.57. The number of hydrogen-bond donors (Lipinski definition) is 3. The first-order valence-electron chi connectivity index (χ1n) is 12.6. The van der Waals surface area contributed by atoms with E-state index in [4.69, 9.17) is 5.73 Å². The Morgan fingerprint density at radius 2 is 1.73 bits per heavy atom. The summed E-state index contributed by atoms with van der Waals surface area (Å²) >= 11 is 0. The molecule has 1 aliphatic heterocycles. The molecule has 1 aliphatic rings. The molecule has 2 aromatic rings. The number of carbonyl (C=O) groups is 2. The van der Waals surface area contributed by atoms with E-state index in [0.717, 1.165) is 34.8 Å². The Kier molecular flexibility index (Phi) is 9.86. The number of benzene rings is 2. The molecule has 4 N–H and O–H groups in total. The van der Waals surface area contributed by atoms with Crippen molar-refractivity contribution in [2.75, 3.05) is 20.1 Å². The monoisotopic (exact) mass is 546 g/mol. The number of nitrogens with two attached hydrogens (primary N) is 1. The minimum Gasteiger partial charge on any atom is -0.343 e. The molecule has 0 bridgehead atoms. The highest BCUT2D eigenvalue weighted by molar-refractivity contribution is 7.88. The van der Waals surface area contributed by atoms with Gasteiger partial charge in [-0.1, -0.05) is 48.5 Å². The molecular weight excluding hydrogens is 507 g/mol. The summed E-state index contributed by atoms with van der Waals surface area (Å²) in [6.45, 7) is 4.32. The smallest absolute Gasteiger partial charge is 0.245 e. The van der Waals surface area contributed by atoms with Gasteiger partial charge < -0.3 is 16.0 Å². The quantitative estimate of drug-likeness (QED) is 0.393. The third-order valence-electron chi connectivity index (χ3n) is 6.85. The van der Waals surface area contributed by atoms with E-state index in [1.54, 1.807) is 13.8 Å². The van der Waals surface area contributed by atoms with E-state index in [0.29, 0.717) is 25.9 Å². The Hall–Kier alpha value is -2.32. The molecule has 0 radical (unpaired) electrons. The molecule has 1 saturated heterocycles. The minimum atomic E-state index is -3.39. The molecule has 202 valence electrons. The lowest BCUT2D eigenvalue weighted by Gasteiger charge is -2.35. The largest absolute Gasteiger partial charge is 0.343 e. The Bertz CT molecular complexity index is 1190. The van der Waals surface area contributed by atoms with Gasteiger partial charge in [0.2, 0.25) is 21.8 Å². The first-order valence-corrected chi connectivity index (χ1v) is 14.8. The highest BCUT2D eigenvalue weighted by Crippen LogP contribution is 2.31. The van der Waals surface area contributed by atoms with Gasteiger partial charge in [0.25, 0.3) is 0 Å². The molecule has 0 aliphatic carbocycles. The summed E-state index contributed by atoms with van der Waals surface area (Å²) in [7, 11) is 0.681. The van der Waals surface area contributed by atoms with Crippen LogP contribution in [0.5, 0.6) is 0 Å². The normalized spacial score (nSPS) is 15.9. The molecular formula is C27H39N4O4PS. The third-order valence-corrected chi connectivity index (χ3v) is 8.55. The Labute approximate surface area is 223 Å². The molecule has 10 heteroatoms. The van der Waals surface area contributed by atoms with E-state index in [2.05, 4.69) is 19.3 Å². The first kappa shape index (κ1) is 29.2. The van der Waals surface area contributed by atoms with Crippen molar-refractivity contribution in [2.24, 2.45) is 5.73 Å². The average molecular weight is 547 g/mol. The van der Waals surface area contributed by atoms with Gasteiger partial charge in [-0.2, -0.15) is 0 Å². The SMILES string of the molecule is CNS(=O)(=O)Cc1ccccc1C1CCN(C(=O)[C@@H](CCc2ccc(P)cc2)NC(=O)C(C)(C)N)CC1. The Morgan fingerprint density at radius 1 is 1.11 bits per heavy atom. The fourth-order valence-corrected chi connectivity index (χ4v) is 5.58. The van der Waals surface area contributed by atoms with E-state index in [1.807, 2.05) is 53.4 Å². The van der Waals surface area contributed by atoms with Gasteiger partial charge in [0.1, 0.15) is 6.04 Å². The fraction of sp³-hybridized carbons (Fsp3) is 0.481. The Balaban J connectivity index is 1.69. The van der Waals surface area contributed by atoms with Crippen molar-refractivity contribution in [3.63, 3.8) is 0 Å². The molecule has 0 spiro atoms. The van der Waals surface area contributed by atoms with Gasteiger partial charge in [-0.15, -0.1) is 9.24 Å². The standard InChI is InChI=1S/C27H39N4O4PS/c1-27(2,28)26(33)30-24(13-10-19-8-11-22(36)12-9-19)25(32)31-16-14-20(15-17-31)23-7-5-4-6-21(23)18-37(34,35)29-3/h4-9,11-12,20,24,29H,10,13-18,28,36H2,1-3H3,(H,30,33)/t24-/m1/s1. The van der Waals surface area contributed by atoms with Crippen LogP contribution in [0, 0.1) is 0 Å². The Morgan fingerprint density at radius 3 is 2.32 bits per heavy atom. The highest BCUT2D eigenvalue weighted by Gasteiger charge is 2.33. The van der Waals surface area contributed by atoms with Crippen LogP contribution in [0.15, 0.2) is 48.5 Å². The maximum Gasteiger partial charge on any atom is 0.245 e. The van der Waals surface area contributed by atoms with Gasteiger partial charge in [0.15, 0.2) is 0 Å². The lowest BCUT2D eigenvalue weighted by molar-refractivity contribution is -0.138. The summed E-state index contributed by atoms with van der Waals surface area (Å²) in [5.41, 5.74) is 7.80. The average Bonchev–Trinajstić information content (AvgIpc) is 2.86. The van der Waals surface area contributed by atoms with Crippen LogP contribution in [0.25, 0.3) is 0 Å². The van der Waals surface area contributed by atoms with Crippen molar-refractivity contribution in [1.29, 1.82) is 0 Å². The number of likely N-dealkylation sites (tertiary alicyclic amines) is 1. The van der Waals surface area contributed by atoms with Crippen molar-refractivity contribution in [1.82, 2.24) is 14.9 Å². The lowest BCUT2D eigenvalue weighted by Crippen LogP contribution is -2.57. The molecule has 1 heterocycles. The summed E-state index contributed by atoms with van der Waals surface area (Å²) in [6, 6.07) is 15.0. The highest BCUT2D eigenvalue weighted by atomic mass is 32.2. The topological polar surface area (TPSA) is 122 Å². The molecule has 1 fully saturated rings. The maximum atomic E-state index is 13.6. The van der Waals surface area contributed by atoms with Gasteiger partial charge >= 0.3 is 0 Å². The number of sulfonamides is 1. The zero-order valence-corrected chi connectivity index (χ0v) is 23.8. The van der Waals surface area contributed by atoms with Crippen LogP contribution in [-0.4, -0.2) is 56.9 Å². The number of amides is 2. The predicted octanol–water partition coefficient (Wildman–Crippen LogP) is 1.80. The third kappa shape index (κ3) is 8.34. The number of aryl methyl sites for hydroxylation is 1. The lowest BCUT2D eigenvalue weighted by atomic mass is 9.86. The number of nitrogens with one attached hydrogen (secondary N) is 2. The second kappa shape index (κ2) is 12.5. The van der Waals surface area contributed by atoms with Gasteiger partial charge in [0, 0.05) is 13.1 Å². The number of piperidine rings is 1. The van der Waals surface area contributed by atoms with Crippen molar-refractivity contribution in [2.45, 2.75) is 62.8 Å². The number of rotatable bonds is 10. The van der Waals surface area contributed by atoms with E-state index in [1.165, 1.54) is 7.05 Å². The zero-order valence-electron chi connectivity index (χ0n) is 21.9. The van der Waals surface area contributed by atoms with Crippen molar-refractivity contribution in [3.05, 3.63) is 65.2 Å². The van der Waals surface area contributed by atoms with Gasteiger partial charge in [-0.25, -0.2) is 13.1 Å². The van der Waals surface area contributed by atoms with Crippen molar-refractivity contribution < 1.29 is 18.0 Å². The van der Waals surface area contributed by atoms with Crippen LogP contribution >= 0.6 is 9.24 Å². The number of hydrogen-bond acceptors (Lipinski definition) is 5. The summed E-state index contributed by atoms with van der Waals surface area (Å²) < 4.78 is 26.7. The van der Waals surface area contributed by atoms with E-state index in [-0.39, 0.29) is 23.5 Å². The minimum absolute atomic E-state index is 0.0699. The van der Waals surface area contributed by atoms with Crippen LogP contribution < -0.4 is 21.1 Å².